The monoisotopic (exact) mass is 189 g/mol. The molecule has 1 aromatic rings. The van der Waals surface area contributed by atoms with Crippen LogP contribution < -0.4 is 5.32 Å². The molecule has 0 aliphatic carbocycles. The predicted octanol–water partition coefficient (Wildman–Crippen LogP) is 1.74. The van der Waals surface area contributed by atoms with E-state index in [0.29, 0.717) is 18.5 Å². The maximum Gasteiger partial charge on any atom is 0.225 e. The van der Waals surface area contributed by atoms with E-state index in [4.69, 9.17) is 11.5 Å². The predicted molar refractivity (Wildman–Crippen MR) is 54.8 cm³/mol. The molecule has 3 nitrogen and oxygen atoms in total. The van der Waals surface area contributed by atoms with Gasteiger partial charge in [-0.2, -0.15) is 0 Å². The Balaban J connectivity index is 2.49. The first-order valence-corrected chi connectivity index (χ1v) is 4.24. The van der Waals surface area contributed by atoms with Crippen LogP contribution in [0, 0.1) is 12.3 Å². The summed E-state index contributed by atoms with van der Waals surface area (Å²) in [6.07, 6.45) is 5.78. The zero-order valence-corrected chi connectivity index (χ0v) is 7.66. The summed E-state index contributed by atoms with van der Waals surface area (Å²) in [6.45, 7) is 0. The third-order valence-corrected chi connectivity index (χ3v) is 1.65. The third-order valence-electron chi connectivity index (χ3n) is 1.65. The lowest BCUT2D eigenvalue weighted by Gasteiger charge is -2.03. The minimum atomic E-state index is -0.117. The van der Waals surface area contributed by atoms with E-state index < -0.39 is 0 Å². The fraction of sp³-hybridized carbons (Fsp3) is 0.182. The van der Waals surface area contributed by atoms with Crippen LogP contribution in [0.2, 0.25) is 0 Å². The number of benzene rings is 1. The normalized spacial score (nSPS) is 9.07. The van der Waals surface area contributed by atoms with E-state index in [0.717, 1.165) is 0 Å². The van der Waals surface area contributed by atoms with Gasteiger partial charge >= 0.3 is 0 Å². The Kier molecular flexibility index (Phi) is 3.57. The van der Waals surface area contributed by atoms with Crippen molar-refractivity contribution in [3.63, 3.8) is 0 Å². The molecular weight excluding hydrogens is 178 g/mol. The molecule has 3 heteroatoms. The lowest BCUT2D eigenvalue weighted by atomic mass is 10.2. The van der Waals surface area contributed by atoms with Crippen LogP contribution in [0.3, 0.4) is 0 Å². The van der Waals surface area contributed by atoms with Gasteiger partial charge in [-0.15, -0.1) is 12.3 Å². The van der Waals surface area contributed by atoms with Crippen molar-refractivity contribution in [1.29, 1.82) is 0 Å². The van der Waals surface area contributed by atoms with Crippen molar-refractivity contribution in [2.24, 2.45) is 0 Å². The van der Waals surface area contributed by atoms with E-state index >= 15 is 0 Å². The molecule has 0 aromatic heterocycles. The summed E-state index contributed by atoms with van der Waals surface area (Å²) in [4.78, 5) is 11.2. The number of terminal acetylenes is 1. The van der Waals surface area contributed by atoms with E-state index in [2.05, 4.69) is 11.2 Å². The minimum absolute atomic E-state index is 0.117. The highest BCUT2D eigenvalue weighted by Crippen LogP contribution is 2.13. The van der Waals surface area contributed by atoms with Gasteiger partial charge in [-0.05, 0) is 24.3 Å². The standard InChI is InChI=1S/C11H11NO2/c1-2-3-4-11(14)12-9-5-7-10(13)8-6-9/h1,5-8,13H,3-4H2,(H,12,14). The van der Waals surface area contributed by atoms with Gasteiger partial charge in [-0.1, -0.05) is 0 Å². The van der Waals surface area contributed by atoms with Gasteiger partial charge in [0.25, 0.3) is 0 Å². The van der Waals surface area contributed by atoms with Crippen LogP contribution in [0.15, 0.2) is 24.3 Å². The number of phenols is 1. The van der Waals surface area contributed by atoms with E-state index in [1.54, 1.807) is 12.1 Å². The fourth-order valence-corrected chi connectivity index (χ4v) is 0.954. The lowest BCUT2D eigenvalue weighted by molar-refractivity contribution is -0.116. The summed E-state index contributed by atoms with van der Waals surface area (Å²) in [5.74, 6) is 2.45. The van der Waals surface area contributed by atoms with Gasteiger partial charge in [-0.25, -0.2) is 0 Å². The first-order chi connectivity index (χ1) is 6.72. The molecule has 0 saturated heterocycles. The second-order valence-electron chi connectivity index (χ2n) is 2.80. The third kappa shape index (κ3) is 3.20. The van der Waals surface area contributed by atoms with Crippen LogP contribution in [0.1, 0.15) is 12.8 Å². The van der Waals surface area contributed by atoms with Crippen molar-refractivity contribution in [1.82, 2.24) is 0 Å². The van der Waals surface area contributed by atoms with Gasteiger partial charge in [0.2, 0.25) is 5.91 Å². The molecule has 0 saturated carbocycles. The largest absolute Gasteiger partial charge is 0.508 e. The van der Waals surface area contributed by atoms with Crippen LogP contribution in [0.25, 0.3) is 0 Å². The van der Waals surface area contributed by atoms with Crippen molar-refractivity contribution < 1.29 is 9.90 Å². The van der Waals surface area contributed by atoms with Crippen LogP contribution in [0.4, 0.5) is 5.69 Å². The maximum absolute atomic E-state index is 11.2. The molecule has 0 heterocycles. The lowest BCUT2D eigenvalue weighted by Crippen LogP contribution is -2.10. The Morgan fingerprint density at radius 3 is 2.64 bits per heavy atom. The number of aromatic hydroxyl groups is 1. The van der Waals surface area contributed by atoms with Gasteiger partial charge in [0, 0.05) is 18.5 Å². The molecule has 0 unspecified atom stereocenters. The quantitative estimate of drug-likeness (QED) is 0.562. The van der Waals surface area contributed by atoms with Crippen LogP contribution in [-0.2, 0) is 4.79 Å². The molecule has 1 aromatic carbocycles. The molecule has 1 rings (SSSR count). The number of carbonyl (C=O) groups excluding carboxylic acids is 1. The number of rotatable bonds is 3. The first kappa shape index (κ1) is 10.1. The molecule has 14 heavy (non-hydrogen) atoms. The van der Waals surface area contributed by atoms with Crippen LogP contribution >= 0.6 is 0 Å². The topological polar surface area (TPSA) is 49.3 Å². The number of nitrogens with one attached hydrogen (secondary N) is 1. The molecule has 0 fully saturated rings. The molecule has 0 bridgehead atoms. The van der Waals surface area contributed by atoms with Crippen molar-refractivity contribution in [2.75, 3.05) is 5.32 Å². The van der Waals surface area contributed by atoms with E-state index in [-0.39, 0.29) is 11.7 Å². The van der Waals surface area contributed by atoms with E-state index in [1.165, 1.54) is 12.1 Å². The molecule has 0 radical (unpaired) electrons. The number of hydrogen-bond acceptors (Lipinski definition) is 2. The second kappa shape index (κ2) is 4.93. The summed E-state index contributed by atoms with van der Waals surface area (Å²) < 4.78 is 0. The van der Waals surface area contributed by atoms with E-state index in [1.807, 2.05) is 0 Å². The molecule has 0 spiro atoms. The number of carbonyl (C=O) groups is 1. The SMILES string of the molecule is C#CCCC(=O)Nc1ccc(O)cc1. The summed E-state index contributed by atoms with van der Waals surface area (Å²) in [5.41, 5.74) is 0.657. The first-order valence-electron chi connectivity index (χ1n) is 4.24. The summed E-state index contributed by atoms with van der Waals surface area (Å²) >= 11 is 0. The highest BCUT2D eigenvalue weighted by molar-refractivity contribution is 5.90. The summed E-state index contributed by atoms with van der Waals surface area (Å²) in [7, 11) is 0. The fourth-order valence-electron chi connectivity index (χ4n) is 0.954. The van der Waals surface area contributed by atoms with Crippen molar-refractivity contribution in [3.8, 4) is 18.1 Å². The zero-order chi connectivity index (χ0) is 10.4. The summed E-state index contributed by atoms with van der Waals surface area (Å²) in [6, 6.07) is 6.28. The number of hydrogen-bond donors (Lipinski definition) is 2. The zero-order valence-electron chi connectivity index (χ0n) is 7.66. The van der Waals surface area contributed by atoms with Gasteiger partial charge < -0.3 is 10.4 Å². The average Bonchev–Trinajstić information content (AvgIpc) is 2.18. The summed E-state index contributed by atoms with van der Waals surface area (Å²) in [5, 5.41) is 11.7. The molecule has 2 N–H and O–H groups in total. The van der Waals surface area contributed by atoms with E-state index in [9.17, 15) is 4.79 Å². The Hall–Kier alpha value is -1.95. The van der Waals surface area contributed by atoms with Crippen molar-refractivity contribution in [2.45, 2.75) is 12.8 Å². The molecule has 0 aliphatic rings. The van der Waals surface area contributed by atoms with Gasteiger partial charge in [0.15, 0.2) is 0 Å². The number of amides is 1. The maximum atomic E-state index is 11.2. The van der Waals surface area contributed by atoms with Crippen LogP contribution in [0.5, 0.6) is 5.75 Å². The van der Waals surface area contributed by atoms with Gasteiger partial charge in [0.05, 0.1) is 0 Å². The second-order valence-corrected chi connectivity index (χ2v) is 2.80. The Morgan fingerprint density at radius 2 is 2.07 bits per heavy atom. The Labute approximate surface area is 82.8 Å². The van der Waals surface area contributed by atoms with Crippen LogP contribution in [-0.4, -0.2) is 11.0 Å². The molecule has 72 valence electrons. The smallest absolute Gasteiger partial charge is 0.225 e. The molecule has 0 aliphatic heterocycles. The van der Waals surface area contributed by atoms with Gasteiger partial charge in [0.1, 0.15) is 5.75 Å². The number of anilines is 1. The highest BCUT2D eigenvalue weighted by Gasteiger charge is 2.00. The van der Waals surface area contributed by atoms with Gasteiger partial charge in [-0.3, -0.25) is 4.79 Å². The van der Waals surface area contributed by atoms with Crippen molar-refractivity contribution in [3.05, 3.63) is 24.3 Å². The molecular formula is C11H11NO2. The minimum Gasteiger partial charge on any atom is -0.508 e. The number of phenolic OH excluding ortho intramolecular Hbond substituents is 1. The Bertz CT molecular complexity index is 349. The molecule has 0 atom stereocenters. The average molecular weight is 189 g/mol. The highest BCUT2D eigenvalue weighted by atomic mass is 16.3. The Morgan fingerprint density at radius 1 is 1.43 bits per heavy atom. The van der Waals surface area contributed by atoms with Crippen molar-refractivity contribution >= 4 is 11.6 Å². The molecule has 1 amide bonds.